The molecule has 2 heterocycles. The highest BCUT2D eigenvalue weighted by molar-refractivity contribution is 8.18. The van der Waals surface area contributed by atoms with Crippen LogP contribution in [0, 0.1) is 10.1 Å². The van der Waals surface area contributed by atoms with Crippen molar-refractivity contribution in [3.8, 4) is 0 Å². The minimum Gasteiger partial charge on any atom is -0.466 e. The molecule has 29 heavy (non-hydrogen) atoms. The summed E-state index contributed by atoms with van der Waals surface area (Å²) in [6.45, 7) is 5.33. The van der Waals surface area contributed by atoms with E-state index >= 15 is 0 Å². The molecule has 2 aliphatic rings. The molecule has 1 aromatic carbocycles. The van der Waals surface area contributed by atoms with Crippen LogP contribution in [0.15, 0.2) is 51.1 Å². The van der Waals surface area contributed by atoms with Crippen LogP contribution in [-0.2, 0) is 19.1 Å². The van der Waals surface area contributed by atoms with Crippen LogP contribution in [0.5, 0.6) is 0 Å². The Balaban J connectivity index is 2.19. The first-order chi connectivity index (χ1) is 13.8. The van der Waals surface area contributed by atoms with Gasteiger partial charge >= 0.3 is 11.9 Å². The van der Waals surface area contributed by atoms with Crippen LogP contribution in [-0.4, -0.2) is 40.6 Å². The number of amidine groups is 1. The fraction of sp³-hybridized carbons (Fsp3) is 0.316. The van der Waals surface area contributed by atoms with Gasteiger partial charge in [-0.2, -0.15) is 0 Å². The number of aliphatic imine (C=N–C) groups is 1. The van der Waals surface area contributed by atoms with Crippen molar-refractivity contribution in [1.29, 1.82) is 0 Å². The summed E-state index contributed by atoms with van der Waals surface area (Å²) in [6.07, 6.45) is 0. The molecule has 0 aromatic heterocycles. The number of esters is 2. The van der Waals surface area contributed by atoms with Gasteiger partial charge in [-0.3, -0.25) is 10.1 Å². The van der Waals surface area contributed by atoms with E-state index in [-0.39, 0.29) is 17.9 Å². The third-order valence-electron chi connectivity index (χ3n) is 4.54. The molecule has 1 aromatic rings. The van der Waals surface area contributed by atoms with Gasteiger partial charge in [-0.1, -0.05) is 12.1 Å². The van der Waals surface area contributed by atoms with Gasteiger partial charge < -0.3 is 14.4 Å². The molecule has 0 aliphatic carbocycles. The number of methoxy groups -OCH3 is 1. The molecule has 0 saturated heterocycles. The number of fused-ring (bicyclic) bond motifs is 1. The fourth-order valence-corrected chi connectivity index (χ4v) is 4.35. The van der Waals surface area contributed by atoms with Crippen molar-refractivity contribution in [2.75, 3.05) is 13.7 Å². The van der Waals surface area contributed by atoms with Gasteiger partial charge in [0.05, 0.1) is 36.0 Å². The van der Waals surface area contributed by atoms with Gasteiger partial charge in [-0.05, 0) is 38.1 Å². The third-order valence-corrected chi connectivity index (χ3v) is 5.67. The molecule has 0 amide bonds. The number of carbonyl (C=O) groups is 2. The fourth-order valence-electron chi connectivity index (χ4n) is 3.26. The van der Waals surface area contributed by atoms with Crippen LogP contribution in [0.25, 0.3) is 0 Å². The number of rotatable bonds is 5. The Kier molecular flexibility index (Phi) is 5.73. The second-order valence-corrected chi connectivity index (χ2v) is 7.22. The van der Waals surface area contributed by atoms with E-state index in [1.165, 1.54) is 19.2 Å². The Morgan fingerprint density at radius 3 is 2.66 bits per heavy atom. The van der Waals surface area contributed by atoms with E-state index in [0.29, 0.717) is 27.0 Å². The first-order valence-corrected chi connectivity index (χ1v) is 9.59. The zero-order chi connectivity index (χ0) is 21.3. The van der Waals surface area contributed by atoms with Crippen LogP contribution >= 0.6 is 11.8 Å². The number of hydrogen-bond donors (Lipinski definition) is 0. The zero-order valence-corrected chi connectivity index (χ0v) is 17.1. The minimum absolute atomic E-state index is 0.104. The maximum Gasteiger partial charge on any atom is 0.346 e. The van der Waals surface area contributed by atoms with Crippen molar-refractivity contribution >= 4 is 34.6 Å². The molecule has 0 radical (unpaired) electrons. The molecular formula is C19H19N3O6S. The van der Waals surface area contributed by atoms with Gasteiger partial charge in [0, 0.05) is 17.8 Å². The van der Waals surface area contributed by atoms with E-state index in [0.717, 1.165) is 11.8 Å². The van der Waals surface area contributed by atoms with Crippen LogP contribution < -0.4 is 0 Å². The van der Waals surface area contributed by atoms with Crippen molar-refractivity contribution in [3.05, 3.63) is 61.8 Å². The lowest BCUT2D eigenvalue weighted by atomic mass is 9.94. The summed E-state index contributed by atoms with van der Waals surface area (Å²) in [7, 11) is 1.26. The van der Waals surface area contributed by atoms with E-state index in [2.05, 4.69) is 4.99 Å². The Hall–Kier alpha value is -3.14. The molecule has 3 rings (SSSR count). The highest BCUT2D eigenvalue weighted by Gasteiger charge is 2.43. The van der Waals surface area contributed by atoms with E-state index < -0.39 is 22.9 Å². The number of thioether (sulfide) groups is 1. The Bertz CT molecular complexity index is 997. The molecule has 1 atom stereocenters. The maximum atomic E-state index is 12.6. The van der Waals surface area contributed by atoms with Gasteiger partial charge in [0.2, 0.25) is 0 Å². The Morgan fingerprint density at radius 2 is 2.03 bits per heavy atom. The molecule has 10 heteroatoms. The van der Waals surface area contributed by atoms with Gasteiger partial charge in [-0.25, -0.2) is 14.6 Å². The predicted molar refractivity (Wildman–Crippen MR) is 107 cm³/mol. The number of nitrogens with zero attached hydrogens (tertiary/aromatic N) is 3. The van der Waals surface area contributed by atoms with E-state index in [1.54, 1.807) is 37.8 Å². The van der Waals surface area contributed by atoms with E-state index in [1.807, 2.05) is 0 Å². The highest BCUT2D eigenvalue weighted by atomic mass is 32.2. The molecule has 0 spiro atoms. The molecule has 9 nitrogen and oxygen atoms in total. The molecule has 0 saturated carbocycles. The van der Waals surface area contributed by atoms with Crippen molar-refractivity contribution in [1.82, 2.24) is 4.90 Å². The number of allylic oxidation sites excluding steroid dienone is 2. The van der Waals surface area contributed by atoms with Crippen molar-refractivity contribution in [2.24, 2.45) is 4.99 Å². The summed E-state index contributed by atoms with van der Waals surface area (Å²) < 4.78 is 10.1. The third kappa shape index (κ3) is 3.63. The van der Waals surface area contributed by atoms with Gasteiger partial charge in [0.15, 0.2) is 5.17 Å². The van der Waals surface area contributed by atoms with Crippen LogP contribution in [0.4, 0.5) is 5.69 Å². The minimum atomic E-state index is -0.728. The quantitative estimate of drug-likeness (QED) is 0.408. The van der Waals surface area contributed by atoms with Crippen LogP contribution in [0.1, 0.15) is 32.4 Å². The smallest absolute Gasteiger partial charge is 0.346 e. The number of ether oxygens (including phenoxy) is 2. The molecular weight excluding hydrogens is 398 g/mol. The number of nitro groups is 1. The first kappa shape index (κ1) is 20.6. The van der Waals surface area contributed by atoms with Crippen molar-refractivity contribution in [2.45, 2.75) is 26.8 Å². The normalized spacial score (nSPS) is 18.4. The lowest BCUT2D eigenvalue weighted by molar-refractivity contribution is -0.384. The summed E-state index contributed by atoms with van der Waals surface area (Å²) in [5.74, 6) is -1.08. The molecule has 0 bridgehead atoms. The second-order valence-electron chi connectivity index (χ2n) is 6.25. The number of benzene rings is 1. The topological polar surface area (TPSA) is 111 Å². The average Bonchev–Trinajstić information content (AvgIpc) is 3.02. The maximum absolute atomic E-state index is 12.6. The monoisotopic (exact) mass is 417 g/mol. The second kappa shape index (κ2) is 8.08. The standard InChI is InChI=1S/C19H19N3O6S/c1-5-28-18(24)16-11(3)21-15(12-7-6-8-13(9-12)22(25)26)14(17(23)27-4)10(2)20-19(21)29-16/h6-9,15H,5H2,1-4H3/t15-/m0/s1. The Labute approximate surface area is 171 Å². The summed E-state index contributed by atoms with van der Waals surface area (Å²) >= 11 is 1.15. The molecule has 0 fully saturated rings. The number of carbonyl (C=O) groups excluding carboxylic acids is 2. The molecule has 0 N–H and O–H groups in total. The van der Waals surface area contributed by atoms with Crippen molar-refractivity contribution in [3.63, 3.8) is 0 Å². The van der Waals surface area contributed by atoms with Crippen molar-refractivity contribution < 1.29 is 24.0 Å². The average molecular weight is 417 g/mol. The van der Waals surface area contributed by atoms with E-state index in [9.17, 15) is 19.7 Å². The highest BCUT2D eigenvalue weighted by Crippen LogP contribution is 2.47. The summed E-state index contributed by atoms with van der Waals surface area (Å²) in [5.41, 5.74) is 1.63. The first-order valence-electron chi connectivity index (χ1n) is 8.77. The van der Waals surface area contributed by atoms with Gasteiger partial charge in [-0.15, -0.1) is 0 Å². The summed E-state index contributed by atoms with van der Waals surface area (Å²) in [4.78, 5) is 42.2. The SMILES string of the molecule is CCOC(=O)C1=C(C)N2C(=NC(C)=C(C(=O)OC)[C@@H]2c2cccc([N+](=O)[O-])c2)S1. The lowest BCUT2D eigenvalue weighted by Crippen LogP contribution is -2.36. The number of nitro benzene ring substituents is 1. The van der Waals surface area contributed by atoms with E-state index in [4.69, 9.17) is 9.47 Å². The predicted octanol–water partition coefficient (Wildman–Crippen LogP) is 3.30. The number of hydrogen-bond acceptors (Lipinski definition) is 9. The molecule has 2 aliphatic heterocycles. The molecule has 152 valence electrons. The summed E-state index contributed by atoms with van der Waals surface area (Å²) in [6, 6.07) is 5.30. The van der Waals surface area contributed by atoms with Gasteiger partial charge in [0.1, 0.15) is 4.91 Å². The lowest BCUT2D eigenvalue weighted by Gasteiger charge is -2.35. The molecule has 0 unspecified atom stereocenters. The van der Waals surface area contributed by atoms with Crippen LogP contribution in [0.2, 0.25) is 0 Å². The Morgan fingerprint density at radius 1 is 1.31 bits per heavy atom. The zero-order valence-electron chi connectivity index (χ0n) is 16.3. The largest absolute Gasteiger partial charge is 0.466 e. The number of non-ortho nitro benzene ring substituents is 1. The van der Waals surface area contributed by atoms with Crippen LogP contribution in [0.3, 0.4) is 0 Å². The summed E-state index contributed by atoms with van der Waals surface area (Å²) in [5, 5.41) is 11.8. The van der Waals surface area contributed by atoms with Gasteiger partial charge in [0.25, 0.3) is 5.69 Å².